The summed E-state index contributed by atoms with van der Waals surface area (Å²) in [5, 5.41) is 0. The van der Waals surface area contributed by atoms with Crippen LogP contribution in [0.2, 0.25) is 0 Å². The number of likely N-dealkylation sites (tertiary alicyclic amines) is 1. The van der Waals surface area contributed by atoms with Gasteiger partial charge in [-0.15, -0.1) is 0 Å². The first-order chi connectivity index (χ1) is 8.52. The molecule has 5 nitrogen and oxygen atoms in total. The van der Waals surface area contributed by atoms with Gasteiger partial charge in [0.15, 0.2) is 0 Å². The van der Waals surface area contributed by atoms with E-state index in [2.05, 4.69) is 15.8 Å². The van der Waals surface area contributed by atoms with E-state index < -0.39 is 11.4 Å². The molecule has 1 aliphatic heterocycles. The number of hydrogen-bond acceptors (Lipinski definition) is 4. The maximum atomic E-state index is 12.7. The van der Waals surface area contributed by atoms with Crippen LogP contribution >= 0.6 is 0 Å². The number of carbonyl (C=O) groups is 1. The quantitative estimate of drug-likeness (QED) is 0.792. The number of pyridine rings is 1. The Hall–Kier alpha value is -1.69. The van der Waals surface area contributed by atoms with Crippen LogP contribution in [0.25, 0.3) is 0 Å². The maximum Gasteiger partial charge on any atom is 0.258 e. The molecule has 0 saturated carbocycles. The molecule has 1 aromatic heterocycles. The van der Waals surface area contributed by atoms with Gasteiger partial charge in [-0.1, -0.05) is 0 Å². The number of amides is 1. The van der Waals surface area contributed by atoms with Gasteiger partial charge in [-0.2, -0.15) is 0 Å². The number of aromatic nitrogens is 1. The first-order valence-electron chi connectivity index (χ1n) is 5.91. The first kappa shape index (κ1) is 12.8. The molecule has 0 aromatic carbocycles. The van der Waals surface area contributed by atoms with Crippen molar-refractivity contribution in [2.45, 2.75) is 25.3 Å². The highest BCUT2D eigenvalue weighted by Gasteiger charge is 2.40. The predicted octanol–water partition coefficient (Wildman–Crippen LogP) is 1.15. The standard InChI is InChI=1S/C12H17FN4O/c1-12(6-3-7-17(12)2)11(18)16-15-10-5-4-9(13)8-14-10/h4-5,8H,3,6-7H2,1-2H3,(H,14,15)(H,16,18)/t12-/m0/s1. The van der Waals surface area contributed by atoms with E-state index in [1.54, 1.807) is 0 Å². The van der Waals surface area contributed by atoms with Crippen LogP contribution in [0.5, 0.6) is 0 Å². The molecule has 1 fully saturated rings. The summed E-state index contributed by atoms with van der Waals surface area (Å²) in [5.41, 5.74) is 4.81. The summed E-state index contributed by atoms with van der Waals surface area (Å²) in [6, 6.07) is 2.75. The number of halogens is 1. The number of hydrogen-bond donors (Lipinski definition) is 2. The number of anilines is 1. The van der Waals surface area contributed by atoms with Crippen molar-refractivity contribution in [1.82, 2.24) is 15.3 Å². The topological polar surface area (TPSA) is 57.3 Å². The minimum atomic E-state index is -0.493. The van der Waals surface area contributed by atoms with Crippen LogP contribution in [0.4, 0.5) is 10.2 Å². The summed E-state index contributed by atoms with van der Waals surface area (Å²) in [6.45, 7) is 2.83. The molecule has 0 radical (unpaired) electrons. The fourth-order valence-corrected chi connectivity index (χ4v) is 2.09. The van der Waals surface area contributed by atoms with Crippen molar-refractivity contribution in [2.24, 2.45) is 0 Å². The highest BCUT2D eigenvalue weighted by atomic mass is 19.1. The molecular formula is C12H17FN4O. The summed E-state index contributed by atoms with van der Waals surface area (Å²) >= 11 is 0. The Labute approximate surface area is 105 Å². The van der Waals surface area contributed by atoms with Crippen molar-refractivity contribution in [3.8, 4) is 0 Å². The van der Waals surface area contributed by atoms with Crippen molar-refractivity contribution >= 4 is 11.7 Å². The molecule has 6 heteroatoms. The summed E-state index contributed by atoms with van der Waals surface area (Å²) in [4.78, 5) is 17.9. The van der Waals surface area contributed by atoms with Crippen LogP contribution in [0.1, 0.15) is 19.8 Å². The molecular weight excluding hydrogens is 235 g/mol. The van der Waals surface area contributed by atoms with Crippen molar-refractivity contribution in [3.63, 3.8) is 0 Å². The summed E-state index contributed by atoms with van der Waals surface area (Å²) in [5.74, 6) is -0.100. The molecule has 1 saturated heterocycles. The van der Waals surface area contributed by atoms with Crippen LogP contribution < -0.4 is 10.9 Å². The normalized spacial score (nSPS) is 23.9. The fraction of sp³-hybridized carbons (Fsp3) is 0.500. The zero-order valence-electron chi connectivity index (χ0n) is 10.5. The molecule has 0 bridgehead atoms. The SMILES string of the molecule is CN1CCC[C@@]1(C)C(=O)NNc1ccc(F)cn1. The molecule has 1 aliphatic rings. The molecule has 98 valence electrons. The average Bonchev–Trinajstić information content (AvgIpc) is 2.70. The largest absolute Gasteiger partial charge is 0.293 e. The van der Waals surface area contributed by atoms with E-state index in [-0.39, 0.29) is 5.91 Å². The van der Waals surface area contributed by atoms with Gasteiger partial charge in [0, 0.05) is 0 Å². The Bertz CT molecular complexity index is 436. The monoisotopic (exact) mass is 252 g/mol. The third kappa shape index (κ3) is 2.43. The Kier molecular flexibility index (Phi) is 3.47. The lowest BCUT2D eigenvalue weighted by molar-refractivity contribution is -0.129. The highest BCUT2D eigenvalue weighted by molar-refractivity contribution is 5.87. The zero-order valence-corrected chi connectivity index (χ0v) is 10.5. The number of nitrogens with one attached hydrogen (secondary N) is 2. The fourth-order valence-electron chi connectivity index (χ4n) is 2.09. The number of hydrazine groups is 1. The maximum absolute atomic E-state index is 12.7. The van der Waals surface area contributed by atoms with Crippen molar-refractivity contribution < 1.29 is 9.18 Å². The Morgan fingerprint density at radius 2 is 2.33 bits per heavy atom. The third-order valence-corrected chi connectivity index (χ3v) is 3.52. The zero-order chi connectivity index (χ0) is 13.2. The molecule has 1 aromatic rings. The number of nitrogens with zero attached hydrogens (tertiary/aromatic N) is 2. The van der Waals surface area contributed by atoms with Crippen LogP contribution in [-0.2, 0) is 4.79 Å². The van der Waals surface area contributed by atoms with E-state index in [1.165, 1.54) is 12.1 Å². The Morgan fingerprint density at radius 3 is 2.89 bits per heavy atom. The molecule has 18 heavy (non-hydrogen) atoms. The second-order valence-corrected chi connectivity index (χ2v) is 4.74. The molecule has 1 atom stereocenters. The van der Waals surface area contributed by atoms with Gasteiger partial charge in [-0.3, -0.25) is 20.5 Å². The lowest BCUT2D eigenvalue weighted by Crippen LogP contribution is -2.53. The smallest absolute Gasteiger partial charge is 0.258 e. The van der Waals surface area contributed by atoms with Crippen molar-refractivity contribution in [2.75, 3.05) is 19.0 Å². The minimum absolute atomic E-state index is 0.103. The van der Waals surface area contributed by atoms with Crippen LogP contribution in [-0.4, -0.2) is 34.9 Å². The average molecular weight is 252 g/mol. The number of carbonyl (C=O) groups excluding carboxylic acids is 1. The number of rotatable bonds is 3. The molecule has 2 heterocycles. The van der Waals surface area contributed by atoms with E-state index in [0.717, 1.165) is 25.6 Å². The molecule has 2 rings (SSSR count). The van der Waals surface area contributed by atoms with E-state index in [0.29, 0.717) is 5.82 Å². The highest BCUT2D eigenvalue weighted by Crippen LogP contribution is 2.27. The van der Waals surface area contributed by atoms with Crippen molar-refractivity contribution in [1.29, 1.82) is 0 Å². The summed E-state index contributed by atoms with van der Waals surface area (Å²) in [6.07, 6.45) is 2.93. The van der Waals surface area contributed by atoms with Gasteiger partial charge in [0.2, 0.25) is 0 Å². The van der Waals surface area contributed by atoms with Crippen molar-refractivity contribution in [3.05, 3.63) is 24.1 Å². The van der Waals surface area contributed by atoms with Crippen LogP contribution in [0.15, 0.2) is 18.3 Å². The van der Waals surface area contributed by atoms with Gasteiger partial charge in [-0.25, -0.2) is 9.37 Å². The Morgan fingerprint density at radius 1 is 1.56 bits per heavy atom. The minimum Gasteiger partial charge on any atom is -0.293 e. The molecule has 0 aliphatic carbocycles. The van der Waals surface area contributed by atoms with Crippen LogP contribution in [0, 0.1) is 5.82 Å². The third-order valence-electron chi connectivity index (χ3n) is 3.52. The van der Waals surface area contributed by atoms with E-state index in [9.17, 15) is 9.18 Å². The van der Waals surface area contributed by atoms with Gasteiger partial charge in [0.05, 0.1) is 11.7 Å². The lowest BCUT2D eigenvalue weighted by atomic mass is 9.99. The second kappa shape index (κ2) is 4.89. The van der Waals surface area contributed by atoms with Gasteiger partial charge in [-0.05, 0) is 45.5 Å². The molecule has 1 amide bonds. The van der Waals surface area contributed by atoms with Gasteiger partial charge in [0.25, 0.3) is 5.91 Å². The first-order valence-corrected chi connectivity index (χ1v) is 5.91. The lowest BCUT2D eigenvalue weighted by Gasteiger charge is -2.30. The molecule has 0 unspecified atom stereocenters. The second-order valence-electron chi connectivity index (χ2n) is 4.74. The van der Waals surface area contributed by atoms with Gasteiger partial charge < -0.3 is 0 Å². The molecule has 2 N–H and O–H groups in total. The van der Waals surface area contributed by atoms with E-state index in [1.807, 2.05) is 18.9 Å². The van der Waals surface area contributed by atoms with Crippen LogP contribution in [0.3, 0.4) is 0 Å². The Balaban J connectivity index is 1.94. The van der Waals surface area contributed by atoms with E-state index in [4.69, 9.17) is 0 Å². The predicted molar refractivity (Wildman–Crippen MR) is 66.2 cm³/mol. The van der Waals surface area contributed by atoms with Gasteiger partial charge in [0.1, 0.15) is 11.6 Å². The number of likely N-dealkylation sites (N-methyl/N-ethyl adjacent to an activating group) is 1. The van der Waals surface area contributed by atoms with E-state index >= 15 is 0 Å². The summed E-state index contributed by atoms with van der Waals surface area (Å²) < 4.78 is 12.7. The summed E-state index contributed by atoms with van der Waals surface area (Å²) in [7, 11) is 1.93. The molecule has 0 spiro atoms. The van der Waals surface area contributed by atoms with Gasteiger partial charge >= 0.3 is 0 Å².